The molecular formula is C18H16N2O5S. The topological polar surface area (TPSA) is 105 Å². The Morgan fingerprint density at radius 2 is 1.73 bits per heavy atom. The summed E-state index contributed by atoms with van der Waals surface area (Å²) < 4.78 is 32.1. The molecule has 134 valence electrons. The van der Waals surface area contributed by atoms with E-state index in [2.05, 4.69) is 10.0 Å². The van der Waals surface area contributed by atoms with Crippen molar-refractivity contribution in [3.63, 3.8) is 0 Å². The Bertz CT molecular complexity index is 1090. The third kappa shape index (κ3) is 4.16. The number of carbonyl (C=O) groups excluding carboxylic acids is 1. The molecule has 2 N–H and O–H groups in total. The predicted octanol–water partition coefficient (Wildman–Crippen LogP) is 1.50. The van der Waals surface area contributed by atoms with Crippen LogP contribution < -0.4 is 15.7 Å². The smallest absolute Gasteiger partial charge is 0.336 e. The van der Waals surface area contributed by atoms with Crippen molar-refractivity contribution in [3.05, 3.63) is 76.6 Å². The van der Waals surface area contributed by atoms with E-state index < -0.39 is 15.6 Å². The minimum atomic E-state index is -3.75. The predicted molar refractivity (Wildman–Crippen MR) is 96.4 cm³/mol. The van der Waals surface area contributed by atoms with Gasteiger partial charge in [-0.1, -0.05) is 18.2 Å². The summed E-state index contributed by atoms with van der Waals surface area (Å²) in [6.45, 7) is 0.193. The molecular weight excluding hydrogens is 356 g/mol. The van der Waals surface area contributed by atoms with Crippen LogP contribution >= 0.6 is 0 Å². The highest BCUT2D eigenvalue weighted by Crippen LogP contribution is 2.17. The second kappa shape index (κ2) is 7.51. The quantitative estimate of drug-likeness (QED) is 0.504. The zero-order chi connectivity index (χ0) is 18.6. The Balaban J connectivity index is 1.61. The first kappa shape index (κ1) is 17.8. The van der Waals surface area contributed by atoms with Crippen LogP contribution in [0.1, 0.15) is 10.4 Å². The van der Waals surface area contributed by atoms with Crippen LogP contribution in [-0.4, -0.2) is 27.4 Å². The van der Waals surface area contributed by atoms with Gasteiger partial charge in [-0.15, -0.1) is 0 Å². The van der Waals surface area contributed by atoms with E-state index >= 15 is 0 Å². The zero-order valence-corrected chi connectivity index (χ0v) is 14.5. The molecule has 0 unspecified atom stereocenters. The summed E-state index contributed by atoms with van der Waals surface area (Å²) in [6.07, 6.45) is 0. The van der Waals surface area contributed by atoms with E-state index in [9.17, 15) is 18.0 Å². The van der Waals surface area contributed by atoms with Crippen molar-refractivity contribution in [2.75, 3.05) is 13.1 Å². The molecule has 1 heterocycles. The molecule has 3 aromatic rings. The molecule has 7 nitrogen and oxygen atoms in total. The van der Waals surface area contributed by atoms with Crippen molar-refractivity contribution in [1.29, 1.82) is 0 Å². The van der Waals surface area contributed by atoms with Crippen LogP contribution in [0.4, 0.5) is 0 Å². The summed E-state index contributed by atoms with van der Waals surface area (Å²) in [6, 6.07) is 15.6. The van der Waals surface area contributed by atoms with Crippen molar-refractivity contribution in [2.45, 2.75) is 4.90 Å². The van der Waals surface area contributed by atoms with E-state index in [-0.39, 0.29) is 23.9 Å². The molecule has 2 aromatic carbocycles. The highest BCUT2D eigenvalue weighted by Gasteiger charge is 2.14. The van der Waals surface area contributed by atoms with Gasteiger partial charge in [-0.05, 0) is 36.4 Å². The molecule has 0 spiro atoms. The highest BCUT2D eigenvalue weighted by molar-refractivity contribution is 7.89. The number of nitrogens with one attached hydrogen (secondary N) is 2. The summed E-state index contributed by atoms with van der Waals surface area (Å²) in [5, 5.41) is 3.15. The van der Waals surface area contributed by atoms with E-state index in [4.69, 9.17) is 4.42 Å². The fourth-order valence-electron chi connectivity index (χ4n) is 2.35. The molecule has 1 aromatic heterocycles. The minimum Gasteiger partial charge on any atom is -0.423 e. The van der Waals surface area contributed by atoms with Crippen LogP contribution in [-0.2, 0) is 10.0 Å². The number of amides is 1. The molecule has 1 amide bonds. The molecule has 3 rings (SSSR count). The third-order valence-corrected chi connectivity index (χ3v) is 5.10. The Morgan fingerprint density at radius 1 is 0.962 bits per heavy atom. The van der Waals surface area contributed by atoms with E-state index in [1.54, 1.807) is 30.3 Å². The Hall–Kier alpha value is -2.97. The van der Waals surface area contributed by atoms with Crippen LogP contribution in [0.5, 0.6) is 0 Å². The Labute approximate surface area is 149 Å². The lowest BCUT2D eigenvalue weighted by molar-refractivity contribution is 0.0954. The fraction of sp³-hybridized carbons (Fsp3) is 0.111. The van der Waals surface area contributed by atoms with Gasteiger partial charge in [0.25, 0.3) is 5.91 Å². The zero-order valence-electron chi connectivity index (χ0n) is 13.6. The lowest BCUT2D eigenvalue weighted by atomic mass is 10.2. The monoisotopic (exact) mass is 372 g/mol. The second-order valence-electron chi connectivity index (χ2n) is 5.47. The van der Waals surface area contributed by atoms with Crippen LogP contribution in [0.2, 0.25) is 0 Å². The maximum Gasteiger partial charge on any atom is 0.336 e. The number of rotatable bonds is 6. The maximum absolute atomic E-state index is 12.3. The van der Waals surface area contributed by atoms with Crippen LogP contribution in [0.25, 0.3) is 11.0 Å². The van der Waals surface area contributed by atoms with Gasteiger partial charge in [0.2, 0.25) is 10.0 Å². The molecule has 0 radical (unpaired) electrons. The molecule has 26 heavy (non-hydrogen) atoms. The fourth-order valence-corrected chi connectivity index (χ4v) is 3.42. The van der Waals surface area contributed by atoms with Crippen molar-refractivity contribution in [3.8, 4) is 0 Å². The average molecular weight is 372 g/mol. The number of fused-ring (bicyclic) bond motifs is 1. The van der Waals surface area contributed by atoms with Crippen molar-refractivity contribution in [1.82, 2.24) is 10.0 Å². The minimum absolute atomic E-state index is 0.0445. The molecule has 8 heteroatoms. The maximum atomic E-state index is 12.3. The lowest BCUT2D eigenvalue weighted by Crippen LogP contribution is -2.34. The SMILES string of the molecule is O=C(NCCNS(=O)(=O)c1ccc2oc(=O)ccc2c1)c1ccccc1. The van der Waals surface area contributed by atoms with Gasteiger partial charge in [0.15, 0.2) is 0 Å². The Morgan fingerprint density at radius 3 is 2.50 bits per heavy atom. The van der Waals surface area contributed by atoms with Gasteiger partial charge in [0, 0.05) is 30.1 Å². The summed E-state index contributed by atoms with van der Waals surface area (Å²) in [4.78, 5) is 23.1. The number of hydrogen-bond acceptors (Lipinski definition) is 5. The van der Waals surface area contributed by atoms with Gasteiger partial charge in [0.05, 0.1) is 4.90 Å². The average Bonchev–Trinajstić information content (AvgIpc) is 2.65. The first-order chi connectivity index (χ1) is 12.5. The normalized spacial score (nSPS) is 11.4. The Kier molecular flexibility index (Phi) is 5.15. The molecule has 0 bridgehead atoms. The first-order valence-electron chi connectivity index (χ1n) is 7.82. The van der Waals surface area contributed by atoms with Gasteiger partial charge in [-0.25, -0.2) is 17.9 Å². The summed E-state index contributed by atoms with van der Waals surface area (Å²) in [5.41, 5.74) is 0.318. The first-order valence-corrected chi connectivity index (χ1v) is 9.31. The van der Waals surface area contributed by atoms with E-state index in [1.807, 2.05) is 0 Å². The molecule has 0 fully saturated rings. The summed E-state index contributed by atoms with van der Waals surface area (Å²) in [7, 11) is -3.75. The van der Waals surface area contributed by atoms with E-state index in [1.165, 1.54) is 30.3 Å². The van der Waals surface area contributed by atoms with Crippen LogP contribution in [0.15, 0.2) is 74.8 Å². The van der Waals surface area contributed by atoms with Gasteiger partial charge >= 0.3 is 5.63 Å². The van der Waals surface area contributed by atoms with Crippen LogP contribution in [0, 0.1) is 0 Å². The molecule has 0 aliphatic heterocycles. The lowest BCUT2D eigenvalue weighted by Gasteiger charge is -2.08. The second-order valence-corrected chi connectivity index (χ2v) is 7.24. The largest absolute Gasteiger partial charge is 0.423 e. The summed E-state index contributed by atoms with van der Waals surface area (Å²) in [5.74, 6) is -0.273. The molecule has 0 saturated heterocycles. The van der Waals surface area contributed by atoms with Gasteiger partial charge in [-0.2, -0.15) is 0 Å². The van der Waals surface area contributed by atoms with Gasteiger partial charge < -0.3 is 9.73 Å². The van der Waals surface area contributed by atoms with E-state index in [0.717, 1.165) is 0 Å². The standard InChI is InChI=1S/C18H16N2O5S/c21-17-9-6-14-12-15(7-8-16(14)25-17)26(23,24)20-11-10-19-18(22)13-4-2-1-3-5-13/h1-9,12,20H,10-11H2,(H,19,22). The van der Waals surface area contributed by atoms with E-state index in [0.29, 0.717) is 16.5 Å². The molecule has 0 atom stereocenters. The molecule has 0 saturated carbocycles. The number of benzene rings is 2. The number of sulfonamides is 1. The number of carbonyl (C=O) groups is 1. The molecule has 0 aliphatic rings. The highest BCUT2D eigenvalue weighted by atomic mass is 32.2. The third-order valence-electron chi connectivity index (χ3n) is 3.64. The summed E-state index contributed by atoms with van der Waals surface area (Å²) >= 11 is 0. The van der Waals surface area contributed by atoms with Gasteiger partial charge in [0.1, 0.15) is 5.58 Å². The van der Waals surface area contributed by atoms with Gasteiger partial charge in [-0.3, -0.25) is 4.79 Å². The van der Waals surface area contributed by atoms with Crippen LogP contribution in [0.3, 0.4) is 0 Å². The number of hydrogen-bond donors (Lipinski definition) is 2. The van der Waals surface area contributed by atoms with Crippen molar-refractivity contribution in [2.24, 2.45) is 0 Å². The molecule has 0 aliphatic carbocycles. The van der Waals surface area contributed by atoms with Crippen molar-refractivity contribution < 1.29 is 17.6 Å². The van der Waals surface area contributed by atoms with Crippen molar-refractivity contribution >= 4 is 26.9 Å².